The van der Waals surface area contributed by atoms with Crippen LogP contribution in [0, 0.1) is 0 Å². The second-order valence-corrected chi connectivity index (χ2v) is 8.39. The van der Waals surface area contributed by atoms with Crippen LogP contribution in [0.25, 0.3) is 28.2 Å². The quantitative estimate of drug-likeness (QED) is 0.296. The molecule has 8 nitrogen and oxygen atoms in total. The van der Waals surface area contributed by atoms with E-state index in [9.17, 15) is 31.1 Å². The van der Waals surface area contributed by atoms with E-state index < -0.39 is 30.8 Å². The molecular formula is C24H20F6N6O2. The first-order chi connectivity index (χ1) is 17.8. The lowest BCUT2D eigenvalue weighted by atomic mass is 10.1. The smallest absolute Gasteiger partial charge is 0.451 e. The molecule has 0 spiro atoms. The van der Waals surface area contributed by atoms with Gasteiger partial charge in [0.05, 0.1) is 23.7 Å². The van der Waals surface area contributed by atoms with Crippen molar-refractivity contribution in [2.45, 2.75) is 32.3 Å². The Labute approximate surface area is 211 Å². The van der Waals surface area contributed by atoms with Gasteiger partial charge in [0, 0.05) is 35.3 Å². The number of halogens is 6. The summed E-state index contributed by atoms with van der Waals surface area (Å²) in [4.78, 5) is 23.2. The minimum absolute atomic E-state index is 0.0584. The lowest BCUT2D eigenvalue weighted by Gasteiger charge is -2.15. The lowest BCUT2D eigenvalue weighted by molar-refractivity contribution is -0.144. The van der Waals surface area contributed by atoms with E-state index >= 15 is 0 Å². The van der Waals surface area contributed by atoms with Crippen LogP contribution in [0.4, 0.5) is 36.8 Å². The molecular weight excluding hydrogens is 518 g/mol. The highest BCUT2D eigenvalue weighted by atomic mass is 19.4. The normalized spacial score (nSPS) is 12.1. The first-order valence-electron chi connectivity index (χ1n) is 11.1. The summed E-state index contributed by atoms with van der Waals surface area (Å²) in [6, 6.07) is 8.04. The predicted octanol–water partition coefficient (Wildman–Crippen LogP) is 5.95. The number of hydrogen-bond donors (Lipinski definition) is 2. The van der Waals surface area contributed by atoms with E-state index in [-0.39, 0.29) is 17.5 Å². The number of ether oxygens (including phenoxy) is 1. The van der Waals surface area contributed by atoms with Crippen molar-refractivity contribution in [2.75, 3.05) is 11.9 Å². The molecule has 0 fully saturated rings. The van der Waals surface area contributed by atoms with Crippen molar-refractivity contribution < 1.29 is 35.9 Å². The highest BCUT2D eigenvalue weighted by molar-refractivity contribution is 5.90. The van der Waals surface area contributed by atoms with E-state index in [1.165, 1.54) is 24.4 Å². The summed E-state index contributed by atoms with van der Waals surface area (Å²) in [5.74, 6) is -0.920. The second-order valence-electron chi connectivity index (χ2n) is 8.39. The zero-order valence-corrected chi connectivity index (χ0v) is 19.9. The van der Waals surface area contributed by atoms with Crippen LogP contribution in [0.3, 0.4) is 0 Å². The van der Waals surface area contributed by atoms with E-state index in [1.54, 1.807) is 48.0 Å². The van der Waals surface area contributed by atoms with Crippen molar-refractivity contribution in [3.8, 4) is 28.3 Å². The van der Waals surface area contributed by atoms with Crippen LogP contribution in [0.2, 0.25) is 0 Å². The largest absolute Gasteiger partial charge is 0.491 e. The van der Waals surface area contributed by atoms with Crippen molar-refractivity contribution in [3.63, 3.8) is 0 Å². The average molecular weight is 538 g/mol. The maximum absolute atomic E-state index is 13.0. The van der Waals surface area contributed by atoms with E-state index in [4.69, 9.17) is 4.74 Å². The van der Waals surface area contributed by atoms with Gasteiger partial charge in [-0.05, 0) is 44.2 Å². The molecule has 4 aromatic rings. The van der Waals surface area contributed by atoms with Crippen LogP contribution in [0.15, 0.2) is 55.0 Å². The summed E-state index contributed by atoms with van der Waals surface area (Å²) in [5.41, 5.74) is 2.03. The molecule has 0 aliphatic rings. The Hall–Kier alpha value is -4.36. The molecule has 0 saturated carbocycles. The number of benzene rings is 1. The number of imidazole rings is 1. The average Bonchev–Trinajstić information content (AvgIpc) is 3.25. The molecule has 1 aromatic carbocycles. The van der Waals surface area contributed by atoms with Gasteiger partial charge in [-0.3, -0.25) is 4.40 Å². The van der Waals surface area contributed by atoms with Gasteiger partial charge >= 0.3 is 18.4 Å². The first kappa shape index (κ1) is 26.7. The Bertz CT molecular complexity index is 1470. The number of alkyl halides is 6. The van der Waals surface area contributed by atoms with E-state index in [2.05, 4.69) is 20.3 Å². The fourth-order valence-electron chi connectivity index (χ4n) is 3.52. The Kier molecular flexibility index (Phi) is 7.16. The lowest BCUT2D eigenvalue weighted by Crippen LogP contribution is -2.36. The van der Waals surface area contributed by atoms with Crippen LogP contribution in [0.1, 0.15) is 19.7 Å². The number of hydrogen-bond acceptors (Lipinski definition) is 5. The molecule has 0 atom stereocenters. The molecule has 14 heteroatoms. The summed E-state index contributed by atoms with van der Waals surface area (Å²) < 4.78 is 83.7. The summed E-state index contributed by atoms with van der Waals surface area (Å²) in [6.07, 6.45) is -5.40. The molecule has 3 aromatic heterocycles. The van der Waals surface area contributed by atoms with Gasteiger partial charge in [-0.1, -0.05) is 0 Å². The molecule has 0 unspecified atom stereocenters. The zero-order chi connectivity index (χ0) is 27.7. The van der Waals surface area contributed by atoms with Crippen LogP contribution in [0.5, 0.6) is 5.75 Å². The van der Waals surface area contributed by atoms with Crippen LogP contribution < -0.4 is 15.4 Å². The third-order valence-electron chi connectivity index (χ3n) is 5.00. The van der Waals surface area contributed by atoms with Gasteiger partial charge in [-0.15, -0.1) is 0 Å². The van der Waals surface area contributed by atoms with E-state index in [0.29, 0.717) is 28.2 Å². The molecule has 0 aliphatic carbocycles. The van der Waals surface area contributed by atoms with E-state index in [1.807, 2.05) is 0 Å². The minimum atomic E-state index is -4.70. The van der Waals surface area contributed by atoms with Gasteiger partial charge < -0.3 is 15.4 Å². The molecule has 2 amide bonds. The standard InChI is InChI=1S/C24H20F6N6O2/c1-13(2)38-17-8-15(7-16(10-17)34-22(37)33-12-23(25,26)27)19-11-32-20-9-14(4-6-36(19)20)18-3-5-31-21(35-18)24(28,29)30/h3-11,13H,12H2,1-2H3,(H2,33,34,37). The molecule has 200 valence electrons. The number of aromatic nitrogens is 4. The summed E-state index contributed by atoms with van der Waals surface area (Å²) >= 11 is 0. The number of amides is 2. The number of carbonyl (C=O) groups is 1. The second kappa shape index (κ2) is 10.2. The number of rotatable bonds is 6. The highest BCUT2D eigenvalue weighted by Crippen LogP contribution is 2.32. The maximum Gasteiger partial charge on any atom is 0.451 e. The number of nitrogens with zero attached hydrogens (tertiary/aromatic N) is 4. The molecule has 2 N–H and O–H groups in total. The predicted molar refractivity (Wildman–Crippen MR) is 125 cm³/mol. The third-order valence-corrected chi connectivity index (χ3v) is 5.00. The monoisotopic (exact) mass is 538 g/mol. The van der Waals surface area contributed by atoms with Crippen molar-refractivity contribution >= 4 is 17.4 Å². The number of nitrogens with one attached hydrogen (secondary N) is 2. The Morgan fingerprint density at radius 3 is 2.47 bits per heavy atom. The summed E-state index contributed by atoms with van der Waals surface area (Å²) in [5, 5.41) is 4.10. The summed E-state index contributed by atoms with van der Waals surface area (Å²) in [6.45, 7) is 2.06. The Balaban J connectivity index is 1.68. The fourth-order valence-corrected chi connectivity index (χ4v) is 3.52. The van der Waals surface area contributed by atoms with Gasteiger partial charge in [0.2, 0.25) is 5.82 Å². The summed E-state index contributed by atoms with van der Waals surface area (Å²) in [7, 11) is 0. The van der Waals surface area contributed by atoms with Gasteiger partial charge in [-0.2, -0.15) is 26.3 Å². The van der Waals surface area contributed by atoms with Gasteiger partial charge in [-0.25, -0.2) is 19.7 Å². The van der Waals surface area contributed by atoms with Crippen molar-refractivity contribution in [1.29, 1.82) is 0 Å². The van der Waals surface area contributed by atoms with Crippen LogP contribution in [-0.2, 0) is 6.18 Å². The molecule has 0 bridgehead atoms. The fraction of sp³-hybridized carbons (Fsp3) is 0.250. The zero-order valence-electron chi connectivity index (χ0n) is 19.9. The topological polar surface area (TPSA) is 93.4 Å². The minimum Gasteiger partial charge on any atom is -0.491 e. The third kappa shape index (κ3) is 6.49. The molecule has 0 radical (unpaired) electrons. The molecule has 38 heavy (non-hydrogen) atoms. The number of fused-ring (bicyclic) bond motifs is 1. The van der Waals surface area contributed by atoms with Gasteiger partial charge in [0.25, 0.3) is 0 Å². The van der Waals surface area contributed by atoms with Crippen molar-refractivity contribution in [1.82, 2.24) is 24.7 Å². The van der Waals surface area contributed by atoms with E-state index in [0.717, 1.165) is 6.20 Å². The van der Waals surface area contributed by atoms with Crippen LogP contribution >= 0.6 is 0 Å². The van der Waals surface area contributed by atoms with Crippen molar-refractivity contribution in [2.24, 2.45) is 0 Å². The van der Waals surface area contributed by atoms with Crippen molar-refractivity contribution in [3.05, 3.63) is 60.8 Å². The SMILES string of the molecule is CC(C)Oc1cc(NC(=O)NCC(F)(F)F)cc(-c2cnc3cc(-c4ccnc(C(F)(F)F)n4)ccn23)c1. The molecule has 3 heterocycles. The molecule has 4 rings (SSSR count). The van der Waals surface area contributed by atoms with Gasteiger partial charge in [0.1, 0.15) is 17.9 Å². The van der Waals surface area contributed by atoms with Crippen LogP contribution in [-0.4, -0.2) is 44.2 Å². The molecule has 0 aliphatic heterocycles. The number of pyridine rings is 1. The number of anilines is 1. The first-order valence-corrected chi connectivity index (χ1v) is 11.1. The number of urea groups is 1. The van der Waals surface area contributed by atoms with Gasteiger partial charge in [0.15, 0.2) is 0 Å². The molecule has 0 saturated heterocycles. The maximum atomic E-state index is 13.0. The number of carbonyl (C=O) groups excluding carboxylic acids is 1. The highest BCUT2D eigenvalue weighted by Gasteiger charge is 2.34. The Morgan fingerprint density at radius 1 is 1.03 bits per heavy atom. The Morgan fingerprint density at radius 2 is 1.79 bits per heavy atom.